The van der Waals surface area contributed by atoms with Gasteiger partial charge in [-0.3, -0.25) is 0 Å². The molecule has 4 nitrogen and oxygen atoms in total. The molecule has 4 aromatic rings. The molecule has 0 saturated heterocycles. The summed E-state index contributed by atoms with van der Waals surface area (Å²) >= 11 is 7.59. The molecule has 0 aliphatic rings. The van der Waals surface area contributed by atoms with Crippen LogP contribution in [0.1, 0.15) is 27.0 Å². The highest BCUT2D eigenvalue weighted by Crippen LogP contribution is 2.38. The number of fused-ring (bicyclic) bond motifs is 1. The van der Waals surface area contributed by atoms with Gasteiger partial charge in [0.2, 0.25) is 0 Å². The zero-order valence-corrected chi connectivity index (χ0v) is 19.7. The molecule has 0 bridgehead atoms. The number of esters is 1. The number of aryl methyl sites for hydroxylation is 1. The average Bonchev–Trinajstić information content (AvgIpc) is 2.82. The van der Waals surface area contributed by atoms with E-state index in [-0.39, 0.29) is 28.5 Å². The van der Waals surface area contributed by atoms with Gasteiger partial charge >= 0.3 is 5.97 Å². The van der Waals surface area contributed by atoms with E-state index in [4.69, 9.17) is 26.1 Å². The molecule has 1 heterocycles. The molecular weight excluding hydrogens is 461 g/mol. The van der Waals surface area contributed by atoms with E-state index >= 15 is 0 Å². The van der Waals surface area contributed by atoms with Crippen LogP contribution < -0.4 is 4.74 Å². The van der Waals surface area contributed by atoms with Gasteiger partial charge in [0.1, 0.15) is 28.8 Å². The second kappa shape index (κ2) is 10.2. The van der Waals surface area contributed by atoms with Gasteiger partial charge < -0.3 is 9.47 Å². The third kappa shape index (κ3) is 5.13. The quantitative estimate of drug-likeness (QED) is 0.210. The summed E-state index contributed by atoms with van der Waals surface area (Å²) in [6.45, 7) is 1.88. The van der Waals surface area contributed by atoms with Crippen LogP contribution in [-0.2, 0) is 17.1 Å². The Bertz CT molecular complexity index is 1290. The van der Waals surface area contributed by atoms with Gasteiger partial charge in [-0.05, 0) is 36.8 Å². The predicted octanol–water partition coefficient (Wildman–Crippen LogP) is 6.99. The van der Waals surface area contributed by atoms with Gasteiger partial charge in [0, 0.05) is 16.7 Å². The summed E-state index contributed by atoms with van der Waals surface area (Å²) in [7, 11) is 1.31. The minimum absolute atomic E-state index is 0.147. The minimum Gasteiger partial charge on any atom is -0.487 e. The van der Waals surface area contributed by atoms with E-state index in [0.29, 0.717) is 21.7 Å². The van der Waals surface area contributed by atoms with Crippen LogP contribution in [0.25, 0.3) is 10.9 Å². The maximum Gasteiger partial charge on any atom is 0.344 e. The average molecular weight is 482 g/mol. The summed E-state index contributed by atoms with van der Waals surface area (Å²) in [5.74, 6) is -0.157. The van der Waals surface area contributed by atoms with Gasteiger partial charge in [0.25, 0.3) is 0 Å². The van der Waals surface area contributed by atoms with Gasteiger partial charge in [-0.15, -0.1) is 11.8 Å². The maximum atomic E-state index is 14.3. The van der Waals surface area contributed by atoms with Crippen LogP contribution in [0, 0.1) is 12.7 Å². The molecule has 0 radical (unpaired) electrons. The first-order chi connectivity index (χ1) is 16.0. The van der Waals surface area contributed by atoms with Crippen LogP contribution in [0.3, 0.4) is 0 Å². The Hall–Kier alpha value is -3.09. The van der Waals surface area contributed by atoms with Crippen molar-refractivity contribution in [3.63, 3.8) is 0 Å². The van der Waals surface area contributed by atoms with Crippen molar-refractivity contribution in [1.29, 1.82) is 0 Å². The summed E-state index contributed by atoms with van der Waals surface area (Å²) in [6, 6.07) is 19.9. The molecule has 0 aliphatic carbocycles. The number of carbonyl (C=O) groups is 1. The zero-order valence-electron chi connectivity index (χ0n) is 18.1. The van der Waals surface area contributed by atoms with Crippen molar-refractivity contribution in [2.75, 3.05) is 7.11 Å². The highest BCUT2D eigenvalue weighted by Gasteiger charge is 2.24. The third-order valence-electron chi connectivity index (χ3n) is 5.12. The number of aromatic nitrogens is 1. The van der Waals surface area contributed by atoms with E-state index in [1.165, 1.54) is 36.6 Å². The van der Waals surface area contributed by atoms with E-state index in [2.05, 4.69) is 0 Å². The topological polar surface area (TPSA) is 48.4 Å². The Morgan fingerprint density at radius 2 is 1.82 bits per heavy atom. The largest absolute Gasteiger partial charge is 0.487 e. The SMILES string of the molecule is COC(=O)c1c(SCc2ccc(C)cc2)nc2ccccc2c1OCc1c(F)cccc1Cl. The number of thioether (sulfide) groups is 1. The van der Waals surface area contributed by atoms with E-state index in [1.54, 1.807) is 6.07 Å². The number of carbonyl (C=O) groups excluding carboxylic acids is 1. The van der Waals surface area contributed by atoms with Crippen molar-refractivity contribution in [1.82, 2.24) is 4.98 Å². The fraction of sp³-hybridized carbons (Fsp3) is 0.154. The smallest absolute Gasteiger partial charge is 0.344 e. The number of hydrogen-bond acceptors (Lipinski definition) is 5. The van der Waals surface area contributed by atoms with Gasteiger partial charge in [0.05, 0.1) is 17.6 Å². The van der Waals surface area contributed by atoms with Crippen LogP contribution >= 0.6 is 23.4 Å². The molecule has 0 saturated carbocycles. The lowest BCUT2D eigenvalue weighted by atomic mass is 10.1. The molecular formula is C26H21ClFNO3S. The van der Waals surface area contributed by atoms with Crippen LogP contribution in [0.4, 0.5) is 4.39 Å². The number of ether oxygens (including phenoxy) is 2. The van der Waals surface area contributed by atoms with Crippen molar-refractivity contribution in [2.45, 2.75) is 24.3 Å². The van der Waals surface area contributed by atoms with E-state index in [1.807, 2.05) is 55.5 Å². The molecule has 0 unspecified atom stereocenters. The standard InChI is InChI=1S/C26H21ClFNO3S/c1-16-10-12-17(13-11-16)15-33-25-23(26(30)31-2)24(18-6-3-4-9-22(18)29-25)32-14-19-20(27)7-5-8-21(19)28/h3-13H,14-15H2,1-2H3. The van der Waals surface area contributed by atoms with Crippen LogP contribution in [0.5, 0.6) is 5.75 Å². The van der Waals surface area contributed by atoms with Gasteiger partial charge in [0.15, 0.2) is 0 Å². The second-order valence-electron chi connectivity index (χ2n) is 7.39. The molecule has 168 valence electrons. The Balaban J connectivity index is 1.77. The van der Waals surface area contributed by atoms with Crippen molar-refractivity contribution in [3.8, 4) is 5.75 Å². The highest BCUT2D eigenvalue weighted by atomic mass is 35.5. The Labute approximate surface area is 200 Å². The second-order valence-corrected chi connectivity index (χ2v) is 8.76. The molecule has 0 atom stereocenters. The van der Waals surface area contributed by atoms with Crippen molar-refractivity contribution < 1.29 is 18.7 Å². The van der Waals surface area contributed by atoms with Crippen LogP contribution in [0.2, 0.25) is 5.02 Å². The van der Waals surface area contributed by atoms with Gasteiger partial charge in [-0.1, -0.05) is 59.6 Å². The van der Waals surface area contributed by atoms with E-state index < -0.39 is 11.8 Å². The number of nitrogens with zero attached hydrogens (tertiary/aromatic N) is 1. The minimum atomic E-state index is -0.575. The molecule has 0 amide bonds. The lowest BCUT2D eigenvalue weighted by Gasteiger charge is -2.17. The van der Waals surface area contributed by atoms with Crippen LogP contribution in [0.15, 0.2) is 71.8 Å². The molecule has 0 N–H and O–H groups in total. The van der Waals surface area contributed by atoms with Crippen molar-refractivity contribution in [3.05, 3.63) is 99.8 Å². The number of benzene rings is 3. The summed E-state index contributed by atoms with van der Waals surface area (Å²) in [5.41, 5.74) is 3.35. The highest BCUT2D eigenvalue weighted by molar-refractivity contribution is 7.98. The Kier molecular flexibility index (Phi) is 7.16. The lowest BCUT2D eigenvalue weighted by Crippen LogP contribution is -2.10. The molecule has 0 fully saturated rings. The normalized spacial score (nSPS) is 10.9. The Morgan fingerprint density at radius 3 is 2.55 bits per heavy atom. The molecule has 0 spiro atoms. The summed E-state index contributed by atoms with van der Waals surface area (Å²) in [6.07, 6.45) is 0. The number of hydrogen-bond donors (Lipinski definition) is 0. The van der Waals surface area contributed by atoms with E-state index in [0.717, 1.165) is 5.56 Å². The number of pyridine rings is 1. The molecule has 3 aromatic carbocycles. The number of rotatable bonds is 7. The van der Waals surface area contributed by atoms with Crippen molar-refractivity contribution in [2.24, 2.45) is 0 Å². The Morgan fingerprint density at radius 1 is 1.06 bits per heavy atom. The fourth-order valence-corrected chi connectivity index (χ4v) is 4.54. The number of para-hydroxylation sites is 1. The number of halogens is 2. The molecule has 1 aromatic heterocycles. The van der Waals surface area contributed by atoms with Gasteiger partial charge in [-0.25, -0.2) is 14.2 Å². The van der Waals surface area contributed by atoms with Crippen molar-refractivity contribution >= 4 is 40.2 Å². The molecule has 4 rings (SSSR count). The van der Waals surface area contributed by atoms with E-state index in [9.17, 15) is 9.18 Å². The first kappa shape index (κ1) is 23.1. The molecule has 33 heavy (non-hydrogen) atoms. The molecule has 0 aliphatic heterocycles. The maximum absolute atomic E-state index is 14.3. The molecule has 7 heteroatoms. The van der Waals surface area contributed by atoms with Crippen LogP contribution in [-0.4, -0.2) is 18.1 Å². The predicted molar refractivity (Wildman–Crippen MR) is 130 cm³/mol. The summed E-state index contributed by atoms with van der Waals surface area (Å²) in [5, 5.41) is 1.36. The lowest BCUT2D eigenvalue weighted by molar-refractivity contribution is 0.0590. The number of methoxy groups -OCH3 is 1. The monoisotopic (exact) mass is 481 g/mol. The fourth-order valence-electron chi connectivity index (χ4n) is 3.35. The third-order valence-corrected chi connectivity index (χ3v) is 6.52. The summed E-state index contributed by atoms with van der Waals surface area (Å²) in [4.78, 5) is 17.6. The zero-order chi connectivity index (χ0) is 23.4. The summed E-state index contributed by atoms with van der Waals surface area (Å²) < 4.78 is 25.4. The first-order valence-corrected chi connectivity index (χ1v) is 11.6. The first-order valence-electron chi connectivity index (χ1n) is 10.2. The van der Waals surface area contributed by atoms with Gasteiger partial charge in [-0.2, -0.15) is 0 Å².